The van der Waals surface area contributed by atoms with Crippen molar-refractivity contribution in [1.82, 2.24) is 19.9 Å². The van der Waals surface area contributed by atoms with Crippen molar-refractivity contribution >= 4 is 17.7 Å². The molecule has 126 valence electrons. The predicted octanol–water partition coefficient (Wildman–Crippen LogP) is 3.49. The molecule has 1 amide bonds. The van der Waals surface area contributed by atoms with E-state index in [9.17, 15) is 4.79 Å². The van der Waals surface area contributed by atoms with Crippen LogP contribution >= 0.6 is 11.6 Å². The summed E-state index contributed by atoms with van der Waals surface area (Å²) in [6.07, 6.45) is 3.67. The fourth-order valence-electron chi connectivity index (χ4n) is 2.48. The van der Waals surface area contributed by atoms with Crippen LogP contribution in [0.5, 0.6) is 0 Å². The number of hydrogen-bond acceptors (Lipinski definition) is 5. The Morgan fingerprint density at radius 1 is 1.33 bits per heavy atom. The first-order valence-corrected chi connectivity index (χ1v) is 8.15. The van der Waals surface area contributed by atoms with Gasteiger partial charge in [-0.3, -0.25) is 4.98 Å². The van der Waals surface area contributed by atoms with Crippen LogP contribution in [0, 0.1) is 0 Å². The van der Waals surface area contributed by atoms with E-state index in [0.717, 1.165) is 16.8 Å². The summed E-state index contributed by atoms with van der Waals surface area (Å²) in [4.78, 5) is 26.9. The summed E-state index contributed by atoms with van der Waals surface area (Å²) < 4.78 is 5.42. The molecule has 2 aromatic heterocycles. The zero-order valence-electron chi connectivity index (χ0n) is 13.9. The molecule has 0 bridgehead atoms. The van der Waals surface area contributed by atoms with E-state index in [1.807, 2.05) is 32.9 Å². The third-order valence-corrected chi connectivity index (χ3v) is 3.89. The van der Waals surface area contributed by atoms with Crippen LogP contribution in [0.15, 0.2) is 24.5 Å². The van der Waals surface area contributed by atoms with E-state index in [1.165, 1.54) is 0 Å². The zero-order valence-corrected chi connectivity index (χ0v) is 14.7. The van der Waals surface area contributed by atoms with Gasteiger partial charge in [-0.25, -0.2) is 14.8 Å². The van der Waals surface area contributed by atoms with E-state index in [0.29, 0.717) is 30.5 Å². The number of pyridine rings is 1. The van der Waals surface area contributed by atoms with Crippen LogP contribution in [0.25, 0.3) is 11.4 Å². The number of carbonyl (C=O) groups is 1. The zero-order chi connectivity index (χ0) is 17.3. The van der Waals surface area contributed by atoms with Crippen LogP contribution < -0.4 is 0 Å². The summed E-state index contributed by atoms with van der Waals surface area (Å²) in [5.41, 5.74) is 1.94. The summed E-state index contributed by atoms with van der Waals surface area (Å²) in [6.45, 7) is 6.44. The molecular formula is C17H19ClN4O2. The van der Waals surface area contributed by atoms with Gasteiger partial charge >= 0.3 is 6.09 Å². The lowest BCUT2D eigenvalue weighted by molar-refractivity contribution is 0.0222. The van der Waals surface area contributed by atoms with Crippen LogP contribution in [0.2, 0.25) is 5.15 Å². The van der Waals surface area contributed by atoms with Crippen molar-refractivity contribution in [1.29, 1.82) is 0 Å². The molecule has 0 spiro atoms. The number of nitrogens with zero attached hydrogens (tertiary/aromatic N) is 4. The topological polar surface area (TPSA) is 68.2 Å². The summed E-state index contributed by atoms with van der Waals surface area (Å²) >= 11 is 6.35. The second-order valence-corrected chi connectivity index (χ2v) is 7.01. The number of ether oxygens (including phenoxy) is 1. The molecule has 0 radical (unpaired) electrons. The van der Waals surface area contributed by atoms with Crippen LogP contribution in [0.3, 0.4) is 0 Å². The average molecular weight is 347 g/mol. The lowest BCUT2D eigenvalue weighted by Crippen LogP contribution is -2.40. The van der Waals surface area contributed by atoms with Crippen LogP contribution in [-0.2, 0) is 17.7 Å². The standard InChI is InChI=1S/C17H19ClN4O2/c1-17(2,3)24-16(23)22-8-6-13-12(10-22)14(18)21-15(20-13)11-5-4-7-19-9-11/h4-5,7,9H,6,8,10H2,1-3H3. The third kappa shape index (κ3) is 3.64. The SMILES string of the molecule is CC(C)(C)OC(=O)N1CCc2nc(-c3cccnc3)nc(Cl)c2C1. The van der Waals surface area contributed by atoms with Crippen LogP contribution in [0.1, 0.15) is 32.0 Å². The van der Waals surface area contributed by atoms with E-state index < -0.39 is 5.60 Å². The highest BCUT2D eigenvalue weighted by Gasteiger charge is 2.28. The van der Waals surface area contributed by atoms with Crippen molar-refractivity contribution in [2.45, 2.75) is 39.3 Å². The Balaban J connectivity index is 1.84. The summed E-state index contributed by atoms with van der Waals surface area (Å²) in [7, 11) is 0. The van der Waals surface area contributed by atoms with Gasteiger partial charge in [-0.05, 0) is 32.9 Å². The monoisotopic (exact) mass is 346 g/mol. The Kier molecular flexibility index (Phi) is 4.41. The fourth-order valence-corrected chi connectivity index (χ4v) is 2.73. The lowest BCUT2D eigenvalue weighted by atomic mass is 10.1. The van der Waals surface area contributed by atoms with Gasteiger partial charge in [0, 0.05) is 36.5 Å². The maximum atomic E-state index is 12.2. The first-order chi connectivity index (χ1) is 11.3. The summed E-state index contributed by atoms with van der Waals surface area (Å²) in [5, 5.41) is 0.368. The molecule has 7 heteroatoms. The molecule has 3 rings (SSSR count). The number of aromatic nitrogens is 3. The minimum absolute atomic E-state index is 0.347. The van der Waals surface area contributed by atoms with E-state index in [1.54, 1.807) is 17.3 Å². The normalized spacial score (nSPS) is 14.2. The predicted molar refractivity (Wildman–Crippen MR) is 90.6 cm³/mol. The van der Waals surface area contributed by atoms with Gasteiger partial charge < -0.3 is 9.64 Å². The van der Waals surface area contributed by atoms with E-state index in [4.69, 9.17) is 16.3 Å². The molecule has 0 aliphatic carbocycles. The van der Waals surface area contributed by atoms with Crippen molar-refractivity contribution in [2.24, 2.45) is 0 Å². The molecule has 3 heterocycles. The first kappa shape index (κ1) is 16.6. The Morgan fingerprint density at radius 2 is 2.12 bits per heavy atom. The van der Waals surface area contributed by atoms with Crippen molar-refractivity contribution < 1.29 is 9.53 Å². The van der Waals surface area contributed by atoms with Gasteiger partial charge in [-0.15, -0.1) is 0 Å². The maximum absolute atomic E-state index is 12.2. The third-order valence-electron chi connectivity index (χ3n) is 3.58. The number of amides is 1. The summed E-state index contributed by atoms with van der Waals surface area (Å²) in [5.74, 6) is 0.553. The molecule has 0 fully saturated rings. The van der Waals surface area contributed by atoms with Crippen molar-refractivity contribution in [3.05, 3.63) is 40.9 Å². The van der Waals surface area contributed by atoms with Gasteiger partial charge in [0.1, 0.15) is 10.8 Å². The molecule has 0 aromatic carbocycles. The fraction of sp³-hybridized carbons (Fsp3) is 0.412. The number of carbonyl (C=O) groups excluding carboxylic acids is 1. The highest BCUT2D eigenvalue weighted by Crippen LogP contribution is 2.27. The quantitative estimate of drug-likeness (QED) is 0.739. The highest BCUT2D eigenvalue weighted by molar-refractivity contribution is 6.30. The first-order valence-electron chi connectivity index (χ1n) is 7.77. The largest absolute Gasteiger partial charge is 0.444 e. The van der Waals surface area contributed by atoms with Gasteiger partial charge in [0.2, 0.25) is 0 Å². The molecule has 6 nitrogen and oxygen atoms in total. The minimum atomic E-state index is -0.526. The molecule has 1 aliphatic rings. The second-order valence-electron chi connectivity index (χ2n) is 6.66. The number of halogens is 1. The average Bonchev–Trinajstić information content (AvgIpc) is 2.53. The Morgan fingerprint density at radius 3 is 2.79 bits per heavy atom. The van der Waals surface area contributed by atoms with Gasteiger partial charge in [0.25, 0.3) is 0 Å². The van der Waals surface area contributed by atoms with Crippen LogP contribution in [0.4, 0.5) is 4.79 Å². The Labute approximate surface area is 145 Å². The molecule has 2 aromatic rings. The van der Waals surface area contributed by atoms with Crippen molar-refractivity contribution in [2.75, 3.05) is 6.54 Å². The number of fused-ring (bicyclic) bond motifs is 1. The molecule has 0 saturated carbocycles. The second kappa shape index (κ2) is 6.36. The number of rotatable bonds is 1. The molecule has 1 aliphatic heterocycles. The molecule has 24 heavy (non-hydrogen) atoms. The van der Waals surface area contributed by atoms with Gasteiger partial charge in [-0.2, -0.15) is 0 Å². The van der Waals surface area contributed by atoms with Gasteiger partial charge in [0.05, 0.1) is 12.2 Å². The van der Waals surface area contributed by atoms with Crippen LogP contribution in [-0.4, -0.2) is 38.1 Å². The molecular weight excluding hydrogens is 328 g/mol. The minimum Gasteiger partial charge on any atom is -0.444 e. The van der Waals surface area contributed by atoms with E-state index in [-0.39, 0.29) is 6.09 Å². The van der Waals surface area contributed by atoms with E-state index in [2.05, 4.69) is 15.0 Å². The maximum Gasteiger partial charge on any atom is 0.410 e. The molecule has 0 saturated heterocycles. The molecule has 0 atom stereocenters. The lowest BCUT2D eigenvalue weighted by Gasteiger charge is -2.31. The molecule has 0 unspecified atom stereocenters. The van der Waals surface area contributed by atoms with Gasteiger partial charge in [0.15, 0.2) is 5.82 Å². The Bertz CT molecular complexity index is 759. The van der Waals surface area contributed by atoms with E-state index >= 15 is 0 Å². The van der Waals surface area contributed by atoms with Crippen molar-refractivity contribution in [3.63, 3.8) is 0 Å². The van der Waals surface area contributed by atoms with Crippen molar-refractivity contribution in [3.8, 4) is 11.4 Å². The van der Waals surface area contributed by atoms with Gasteiger partial charge in [-0.1, -0.05) is 11.6 Å². The Hall–Kier alpha value is -2.21. The smallest absolute Gasteiger partial charge is 0.410 e. The summed E-state index contributed by atoms with van der Waals surface area (Å²) in [6, 6.07) is 3.72. The number of hydrogen-bond donors (Lipinski definition) is 0. The highest BCUT2D eigenvalue weighted by atomic mass is 35.5. The molecule has 0 N–H and O–H groups in total.